The van der Waals surface area contributed by atoms with E-state index in [4.69, 9.17) is 4.74 Å². The van der Waals surface area contributed by atoms with Gasteiger partial charge in [-0.05, 0) is 0 Å². The molecule has 3 aromatic rings. The third-order valence-corrected chi connectivity index (χ3v) is 6.86. The second kappa shape index (κ2) is 7.40. The van der Waals surface area contributed by atoms with Crippen molar-refractivity contribution in [3.8, 4) is 11.5 Å². The molecule has 0 unspecified atom stereocenters. The summed E-state index contributed by atoms with van der Waals surface area (Å²) in [7, 11) is 1.62. The number of likely N-dealkylation sites (N-methyl/N-ethyl adjacent to an activating group) is 1. The van der Waals surface area contributed by atoms with E-state index in [2.05, 4.69) is 9.89 Å². The maximum atomic E-state index is 12.5. The summed E-state index contributed by atoms with van der Waals surface area (Å²) in [6, 6.07) is 19.6. The third kappa shape index (κ3) is 3.14. The van der Waals surface area contributed by atoms with Gasteiger partial charge in [0, 0.05) is 0 Å². The van der Waals surface area contributed by atoms with Crippen LogP contribution in [-0.2, 0) is 9.59 Å². The summed E-state index contributed by atoms with van der Waals surface area (Å²) in [5.41, 5.74) is 1.94. The van der Waals surface area contributed by atoms with Gasteiger partial charge in [0.15, 0.2) is 0 Å². The topological polar surface area (TPSA) is 62.2 Å². The molecule has 0 bridgehead atoms. The molecule has 8 heteroatoms. The third-order valence-electron chi connectivity index (χ3n) is 4.80. The van der Waals surface area contributed by atoms with E-state index in [-0.39, 0.29) is 11.5 Å². The summed E-state index contributed by atoms with van der Waals surface area (Å²) in [6.45, 7) is 0. The van der Waals surface area contributed by atoms with E-state index in [1.54, 1.807) is 35.4 Å². The molecule has 6 nitrogen and oxygen atoms in total. The Morgan fingerprint density at radius 3 is 2.27 bits per heavy atom. The number of benzene rings is 2. The Kier molecular flexibility index (Phi) is 4.70. The molecule has 3 heterocycles. The average Bonchev–Trinajstić information content (AvgIpc) is 3.21. The number of thiophene rings is 1. The standard InChI is InChI=1S/C22H14N3O3STe/c1-24-21(27)14(20(26)23-22(24)30)12-13-10-11-19(29-13)25-15-6-2-4-8-17(15)28-18-9-5-3-7-16(18)25/h2-12H,1H3/b14-12+. The van der Waals surface area contributed by atoms with Crippen molar-refractivity contribution >= 4 is 71.8 Å². The van der Waals surface area contributed by atoms with Gasteiger partial charge < -0.3 is 0 Å². The molecule has 147 valence electrons. The number of nitrogens with zero attached hydrogens (tertiary/aromatic N) is 3. The van der Waals surface area contributed by atoms with Crippen LogP contribution >= 0.6 is 11.3 Å². The zero-order valence-corrected chi connectivity index (χ0v) is 18.9. The molecule has 2 aromatic carbocycles. The molecule has 5 rings (SSSR count). The molecule has 1 radical (unpaired) electrons. The van der Waals surface area contributed by atoms with E-state index in [9.17, 15) is 9.59 Å². The number of fused-ring (bicyclic) bond motifs is 2. The Labute approximate surface area is 190 Å². The van der Waals surface area contributed by atoms with E-state index in [1.165, 1.54) is 16.2 Å². The van der Waals surface area contributed by atoms with E-state index >= 15 is 0 Å². The number of anilines is 3. The molecule has 1 aromatic heterocycles. The number of ether oxygens (including phenoxy) is 1. The normalized spacial score (nSPS) is 16.8. The molecule has 0 saturated carbocycles. The van der Waals surface area contributed by atoms with Gasteiger partial charge in [0.05, 0.1) is 0 Å². The molecule has 30 heavy (non-hydrogen) atoms. The second-order valence-corrected chi connectivity index (χ2v) is 8.81. The van der Waals surface area contributed by atoms with Gasteiger partial charge in [-0.1, -0.05) is 12.1 Å². The number of carbonyl (C=O) groups excluding carboxylic acids is 2. The van der Waals surface area contributed by atoms with Crippen molar-refractivity contribution < 1.29 is 14.3 Å². The van der Waals surface area contributed by atoms with Crippen molar-refractivity contribution in [1.29, 1.82) is 0 Å². The summed E-state index contributed by atoms with van der Waals surface area (Å²) < 4.78 is 6.46. The first-order valence-electron chi connectivity index (χ1n) is 9.08. The van der Waals surface area contributed by atoms with Crippen LogP contribution in [0.4, 0.5) is 16.4 Å². The van der Waals surface area contributed by atoms with Crippen molar-refractivity contribution in [2.45, 2.75) is 0 Å². The Hall–Kier alpha value is -2.92. The quantitative estimate of drug-likeness (QED) is 0.222. The number of carbonyl (C=O) groups is 2. The number of rotatable bonds is 2. The van der Waals surface area contributed by atoms with Crippen LogP contribution in [-0.4, -0.2) is 49.9 Å². The van der Waals surface area contributed by atoms with Gasteiger partial charge in [-0.15, -0.1) is 0 Å². The van der Waals surface area contributed by atoms with Gasteiger partial charge in [0.25, 0.3) is 0 Å². The van der Waals surface area contributed by atoms with Gasteiger partial charge in [-0.3, -0.25) is 0 Å². The zero-order valence-electron chi connectivity index (χ0n) is 15.7. The van der Waals surface area contributed by atoms with Crippen LogP contribution in [0.15, 0.2) is 71.2 Å². The van der Waals surface area contributed by atoms with Crippen LogP contribution < -0.4 is 9.64 Å². The molecular formula is C22H14N3O3STe. The van der Waals surface area contributed by atoms with Crippen molar-refractivity contribution in [3.05, 3.63) is 71.1 Å². The fourth-order valence-electron chi connectivity index (χ4n) is 3.33. The first-order chi connectivity index (χ1) is 14.5. The number of aliphatic imine (C=N–C) groups is 1. The van der Waals surface area contributed by atoms with Gasteiger partial charge >= 0.3 is 178 Å². The minimum absolute atomic E-state index is 0.0704. The molecule has 0 N–H and O–H groups in total. The molecule has 0 atom stereocenters. The molecule has 0 saturated heterocycles. The summed E-state index contributed by atoms with van der Waals surface area (Å²) in [6.07, 6.45) is 1.62. The SMILES string of the molecule is CN1C(=O)/C(=C/c2ccc(N3c4ccccc4Oc4ccccc43)s2)C(=O)N=C1[Te]. The second-order valence-electron chi connectivity index (χ2n) is 6.67. The minimum atomic E-state index is -0.504. The summed E-state index contributed by atoms with van der Waals surface area (Å²) in [5, 5.41) is 0.953. The molecule has 2 amide bonds. The van der Waals surface area contributed by atoms with Gasteiger partial charge in [0.2, 0.25) is 0 Å². The molecule has 0 aliphatic carbocycles. The zero-order chi connectivity index (χ0) is 20.8. The number of para-hydroxylation sites is 4. The Balaban J connectivity index is 1.57. The first-order valence-corrected chi connectivity index (χ1v) is 11.1. The fourth-order valence-corrected chi connectivity index (χ4v) is 4.78. The number of amidine groups is 1. The van der Waals surface area contributed by atoms with Crippen LogP contribution in [0.1, 0.15) is 4.88 Å². The predicted molar refractivity (Wildman–Crippen MR) is 118 cm³/mol. The summed E-state index contributed by atoms with van der Waals surface area (Å²) >= 11 is 3.05. The maximum absolute atomic E-state index is 12.5. The van der Waals surface area contributed by atoms with Crippen molar-refractivity contribution in [2.75, 3.05) is 11.9 Å². The molecular weight excluding hydrogens is 514 g/mol. The number of amides is 2. The van der Waals surface area contributed by atoms with E-state index in [0.29, 0.717) is 3.88 Å². The predicted octanol–water partition coefficient (Wildman–Crippen LogP) is 4.23. The molecule has 0 spiro atoms. The van der Waals surface area contributed by atoms with Crippen molar-refractivity contribution in [1.82, 2.24) is 4.90 Å². The first kappa shape index (κ1) is 19.1. The van der Waals surface area contributed by atoms with Crippen LogP contribution in [0.25, 0.3) is 6.08 Å². The van der Waals surface area contributed by atoms with Crippen LogP contribution in [0.2, 0.25) is 0 Å². The van der Waals surface area contributed by atoms with E-state index < -0.39 is 5.91 Å². The van der Waals surface area contributed by atoms with Crippen LogP contribution in [0, 0.1) is 0 Å². The summed E-state index contributed by atoms with van der Waals surface area (Å²) in [5.74, 6) is 0.699. The van der Waals surface area contributed by atoms with Gasteiger partial charge in [-0.25, -0.2) is 0 Å². The van der Waals surface area contributed by atoms with Crippen LogP contribution in [0.5, 0.6) is 11.5 Å². The molecule has 0 fully saturated rings. The summed E-state index contributed by atoms with van der Waals surface area (Å²) in [4.78, 5) is 33.1. The van der Waals surface area contributed by atoms with E-state index in [1.807, 2.05) is 60.7 Å². The molecule has 2 aliphatic rings. The Morgan fingerprint density at radius 2 is 1.60 bits per heavy atom. The Bertz CT molecular complexity index is 1220. The van der Waals surface area contributed by atoms with E-state index in [0.717, 1.165) is 32.8 Å². The molecule has 2 aliphatic heterocycles. The fraction of sp³-hybridized carbons (Fsp3) is 0.0455. The average molecular weight is 528 g/mol. The number of hydrogen-bond acceptors (Lipinski definition) is 5. The van der Waals surface area contributed by atoms with Crippen molar-refractivity contribution in [2.24, 2.45) is 4.99 Å². The van der Waals surface area contributed by atoms with Gasteiger partial charge in [-0.2, -0.15) is 0 Å². The number of hydrogen-bond donors (Lipinski definition) is 0. The monoisotopic (exact) mass is 530 g/mol. The van der Waals surface area contributed by atoms with Crippen molar-refractivity contribution in [3.63, 3.8) is 0 Å². The van der Waals surface area contributed by atoms with Crippen LogP contribution in [0.3, 0.4) is 0 Å². The van der Waals surface area contributed by atoms with Gasteiger partial charge in [0.1, 0.15) is 0 Å². The Morgan fingerprint density at radius 1 is 0.967 bits per heavy atom.